The highest BCUT2D eigenvalue weighted by atomic mass is 35.7. The SMILES string of the molecule is C/C=C/C=C/c1ccc(/C(Cl)=C/C=[N+](C)C)cc1/C=C/C=C/C.[O-][Cl+3]([O-])([O-])[O-]. The lowest BCUT2D eigenvalue weighted by Crippen LogP contribution is -2.68. The molecule has 0 bridgehead atoms. The number of benzene rings is 1. The smallest absolute Gasteiger partial charge is 0.164 e. The first kappa shape index (κ1) is 26.0. The van der Waals surface area contributed by atoms with Gasteiger partial charge in [-0.05, 0) is 36.6 Å². The highest BCUT2D eigenvalue weighted by Gasteiger charge is 2.02. The minimum Gasteiger partial charge on any atom is -0.241 e. The van der Waals surface area contributed by atoms with Crippen LogP contribution in [-0.2, 0) is 0 Å². The van der Waals surface area contributed by atoms with Crippen LogP contribution in [0.3, 0.4) is 0 Å². The molecule has 0 radical (unpaired) electrons. The molecule has 7 heteroatoms. The lowest BCUT2D eigenvalue weighted by molar-refractivity contribution is -2.00. The molecule has 5 nitrogen and oxygen atoms in total. The van der Waals surface area contributed by atoms with Gasteiger partial charge >= 0.3 is 0 Å². The fraction of sp³-hybridized carbons (Fsp3) is 0.190. The Bertz CT molecular complexity index is 776. The van der Waals surface area contributed by atoms with Crippen molar-refractivity contribution in [2.45, 2.75) is 13.8 Å². The Balaban J connectivity index is 0.00000129. The van der Waals surface area contributed by atoms with E-state index >= 15 is 0 Å². The van der Waals surface area contributed by atoms with Crippen molar-refractivity contribution in [3.8, 4) is 0 Å². The zero-order valence-corrected chi connectivity index (χ0v) is 17.9. The van der Waals surface area contributed by atoms with Gasteiger partial charge in [0.2, 0.25) is 0 Å². The third-order valence-electron chi connectivity index (χ3n) is 3.04. The molecule has 152 valence electrons. The van der Waals surface area contributed by atoms with Crippen LogP contribution in [0.15, 0.2) is 60.7 Å². The van der Waals surface area contributed by atoms with Gasteiger partial charge in [-0.2, -0.15) is 0 Å². The van der Waals surface area contributed by atoms with Crippen molar-refractivity contribution >= 4 is 35.0 Å². The third kappa shape index (κ3) is 14.1. The summed E-state index contributed by atoms with van der Waals surface area (Å²) in [4.78, 5) is 0. The molecule has 0 saturated heterocycles. The maximum atomic E-state index is 8.49. The molecule has 0 aromatic heterocycles. The van der Waals surface area contributed by atoms with E-state index in [1.165, 1.54) is 0 Å². The summed E-state index contributed by atoms with van der Waals surface area (Å²) in [6.07, 6.45) is 20.2. The van der Waals surface area contributed by atoms with Crippen LogP contribution in [0.25, 0.3) is 17.2 Å². The van der Waals surface area contributed by atoms with Crippen molar-refractivity contribution < 1.29 is 33.5 Å². The van der Waals surface area contributed by atoms with E-state index in [4.69, 9.17) is 30.2 Å². The van der Waals surface area contributed by atoms with Crippen LogP contribution in [0.1, 0.15) is 30.5 Å². The molecule has 0 fully saturated rings. The molecule has 1 aromatic carbocycles. The van der Waals surface area contributed by atoms with Crippen molar-refractivity contribution in [2.24, 2.45) is 0 Å². The van der Waals surface area contributed by atoms with Crippen molar-refractivity contribution in [1.29, 1.82) is 0 Å². The summed E-state index contributed by atoms with van der Waals surface area (Å²) < 4.78 is 35.9. The minimum atomic E-state index is -4.94. The second-order valence-electron chi connectivity index (χ2n) is 5.62. The lowest BCUT2D eigenvalue weighted by atomic mass is 10.0. The van der Waals surface area contributed by atoms with Crippen LogP contribution in [0.5, 0.6) is 0 Å². The summed E-state index contributed by atoms with van der Waals surface area (Å²) >= 11 is 6.40. The quantitative estimate of drug-likeness (QED) is 0.386. The van der Waals surface area contributed by atoms with Gasteiger partial charge in [-0.3, -0.25) is 0 Å². The normalized spacial score (nSPS) is 12.8. The maximum absolute atomic E-state index is 8.49. The number of halogens is 2. The van der Waals surface area contributed by atoms with Crippen molar-refractivity contribution in [3.05, 3.63) is 77.4 Å². The van der Waals surface area contributed by atoms with E-state index in [0.717, 1.165) is 21.7 Å². The van der Waals surface area contributed by atoms with Crippen LogP contribution in [0.2, 0.25) is 0 Å². The van der Waals surface area contributed by atoms with Crippen molar-refractivity contribution in [2.75, 3.05) is 14.1 Å². The summed E-state index contributed by atoms with van der Waals surface area (Å²) in [7, 11) is -0.998. The predicted molar refractivity (Wildman–Crippen MR) is 106 cm³/mol. The molecule has 0 saturated carbocycles. The first-order valence-electron chi connectivity index (χ1n) is 8.30. The number of rotatable bonds is 6. The van der Waals surface area contributed by atoms with Crippen LogP contribution >= 0.6 is 11.6 Å². The third-order valence-corrected chi connectivity index (χ3v) is 3.38. The van der Waals surface area contributed by atoms with Gasteiger partial charge in [-0.15, -0.1) is 10.2 Å². The van der Waals surface area contributed by atoms with Crippen LogP contribution in [0, 0.1) is 10.2 Å². The predicted octanol–water partition coefficient (Wildman–Crippen LogP) is 1.03. The Morgan fingerprint density at radius 3 is 1.86 bits per heavy atom. The summed E-state index contributed by atoms with van der Waals surface area (Å²) in [6, 6.07) is 6.25. The number of hydrogen-bond donors (Lipinski definition) is 0. The molecular formula is C21H25Cl2NO4. The molecule has 28 heavy (non-hydrogen) atoms. The van der Waals surface area contributed by atoms with Crippen LogP contribution in [-0.4, -0.2) is 24.9 Å². The molecule has 0 aliphatic carbocycles. The number of hydrogen-bond acceptors (Lipinski definition) is 4. The van der Waals surface area contributed by atoms with Gasteiger partial charge in [-0.25, -0.2) is 23.2 Å². The Morgan fingerprint density at radius 1 is 0.893 bits per heavy atom. The maximum Gasteiger partial charge on any atom is 0.164 e. The van der Waals surface area contributed by atoms with Crippen LogP contribution < -0.4 is 18.6 Å². The topological polar surface area (TPSA) is 95.2 Å². The molecule has 0 aliphatic rings. The zero-order valence-electron chi connectivity index (χ0n) is 16.3. The molecule has 0 spiro atoms. The van der Waals surface area contributed by atoms with E-state index in [0.29, 0.717) is 0 Å². The molecule has 0 atom stereocenters. The van der Waals surface area contributed by atoms with Gasteiger partial charge in [0.1, 0.15) is 14.1 Å². The van der Waals surface area contributed by atoms with Gasteiger partial charge < -0.3 is 0 Å². The average Bonchev–Trinajstić information content (AvgIpc) is 2.59. The molecule has 0 amide bonds. The molecule has 0 heterocycles. The fourth-order valence-corrected chi connectivity index (χ4v) is 2.04. The Hall–Kier alpha value is -1.99. The first-order valence-corrected chi connectivity index (χ1v) is 9.91. The monoisotopic (exact) mass is 425 g/mol. The average molecular weight is 426 g/mol. The Kier molecular flexibility index (Phi) is 13.1. The molecule has 0 N–H and O–H groups in total. The zero-order chi connectivity index (χ0) is 21.6. The molecule has 0 unspecified atom stereocenters. The fourth-order valence-electron chi connectivity index (χ4n) is 1.87. The number of allylic oxidation sites excluding steroid dienone is 7. The van der Waals surface area contributed by atoms with E-state index in [2.05, 4.69) is 24.3 Å². The van der Waals surface area contributed by atoms with Gasteiger partial charge in [0.15, 0.2) is 6.21 Å². The molecule has 1 rings (SSSR count). The molecular weight excluding hydrogens is 401 g/mol. The summed E-state index contributed by atoms with van der Waals surface area (Å²) in [5.41, 5.74) is 3.31. The highest BCUT2D eigenvalue weighted by molar-refractivity contribution is 6.49. The lowest BCUT2D eigenvalue weighted by Gasteiger charge is -2.17. The van der Waals surface area contributed by atoms with Crippen molar-refractivity contribution in [3.63, 3.8) is 0 Å². The second kappa shape index (κ2) is 14.1. The van der Waals surface area contributed by atoms with E-state index in [9.17, 15) is 0 Å². The summed E-state index contributed by atoms with van der Waals surface area (Å²) in [5.74, 6) is 0. The second-order valence-corrected chi connectivity index (χ2v) is 6.78. The van der Waals surface area contributed by atoms with Gasteiger partial charge in [0, 0.05) is 6.08 Å². The van der Waals surface area contributed by atoms with Gasteiger partial charge in [0.25, 0.3) is 0 Å². The van der Waals surface area contributed by atoms with Gasteiger partial charge in [0.05, 0.1) is 5.03 Å². The molecule has 1 aromatic rings. The minimum absolute atomic E-state index is 0.725. The highest BCUT2D eigenvalue weighted by Crippen LogP contribution is 2.23. The standard InChI is InChI=1S/C21H25ClN.ClHO4/c1-5-7-9-11-18-13-14-20(21(22)15-16-23(3)4)17-19(18)12-10-8-6-2;2-1(3,4)5/h5-17H,1-4H3;(H,2,3,4,5)/q+1;/p-1/b7-5+,8-6+,11-9+,12-10+,21-15-;. The van der Waals surface area contributed by atoms with E-state index < -0.39 is 10.2 Å². The van der Waals surface area contributed by atoms with Gasteiger partial charge in [-0.1, -0.05) is 72.3 Å². The van der Waals surface area contributed by atoms with Crippen molar-refractivity contribution in [1.82, 2.24) is 0 Å². The summed E-state index contributed by atoms with van der Waals surface area (Å²) in [5, 5.41) is 0.725. The Morgan fingerprint density at radius 2 is 1.39 bits per heavy atom. The van der Waals surface area contributed by atoms with E-state index in [1.54, 1.807) is 0 Å². The summed E-state index contributed by atoms with van der Waals surface area (Å²) in [6.45, 7) is 4.01. The van der Waals surface area contributed by atoms with E-state index in [-0.39, 0.29) is 0 Å². The molecule has 0 aliphatic heterocycles. The van der Waals surface area contributed by atoms with Crippen LogP contribution in [0.4, 0.5) is 0 Å². The van der Waals surface area contributed by atoms with E-state index in [1.807, 2.05) is 87.3 Å². The Labute approximate surface area is 174 Å². The number of nitrogens with zero attached hydrogens (tertiary/aromatic N) is 1. The first-order chi connectivity index (χ1) is 13.1. The largest absolute Gasteiger partial charge is 0.241 e.